The number of benzene rings is 11. The molecule has 7 heteroatoms. The Kier molecular flexibility index (Phi) is 7.64. The molecule has 0 fully saturated rings. The van der Waals surface area contributed by atoms with Gasteiger partial charge in [-0.1, -0.05) is 250 Å². The molecular weight excluding hydrogens is 1220 g/mol. The van der Waals surface area contributed by atoms with E-state index >= 15 is 0 Å². The van der Waals surface area contributed by atoms with Gasteiger partial charge in [0, 0.05) is 54.0 Å². The molecule has 5 nitrogen and oxygen atoms in total. The van der Waals surface area contributed by atoms with Gasteiger partial charge in [0.15, 0.2) is 8.07 Å². The number of fused-ring (bicyclic) bond motifs is 4. The van der Waals surface area contributed by atoms with Crippen LogP contribution in [0.3, 0.4) is 0 Å². The van der Waals surface area contributed by atoms with Crippen molar-refractivity contribution in [3.05, 3.63) is 308 Å². The van der Waals surface area contributed by atoms with Crippen molar-refractivity contribution in [3.8, 4) is 62.1 Å². The van der Waals surface area contributed by atoms with E-state index in [1.807, 2.05) is 26.8 Å². The van der Waals surface area contributed by atoms with Gasteiger partial charge < -0.3 is 13.9 Å². The maximum Gasteiger partial charge on any atom is 0.268 e. The van der Waals surface area contributed by atoms with Crippen LogP contribution in [0.25, 0.3) is 83.4 Å². The van der Waals surface area contributed by atoms with Crippen LogP contribution in [0.5, 0.6) is 11.5 Å². The van der Waals surface area contributed by atoms with Crippen LogP contribution in [0.15, 0.2) is 278 Å². The molecule has 0 saturated heterocycles. The van der Waals surface area contributed by atoms with E-state index in [-0.39, 0.29) is 94.2 Å². The van der Waals surface area contributed by atoms with Crippen LogP contribution >= 0.6 is 0 Å². The summed E-state index contributed by atoms with van der Waals surface area (Å²) in [5.74, 6) is 0.0550. The number of rotatable bonds is 12. The quantitative estimate of drug-likeness (QED) is 0.0529. The number of aromatic nitrogens is 4. The summed E-state index contributed by atoms with van der Waals surface area (Å²) in [7, 11) is -6.32. The summed E-state index contributed by atoms with van der Waals surface area (Å²) in [5, 5.41) is -2.90. The molecule has 84 heavy (non-hydrogen) atoms. The van der Waals surface area contributed by atoms with Crippen LogP contribution < -0.4 is 30.1 Å². The molecule has 0 aliphatic heterocycles. The Morgan fingerprint density at radius 1 is 0.536 bits per heavy atom. The number of para-hydroxylation sites is 2. The average Bonchev–Trinajstić information content (AvgIpc) is 0.879. The Balaban J connectivity index is 0.0000117. The summed E-state index contributed by atoms with van der Waals surface area (Å²) in [5.41, 5.74) is -0.939. The second kappa shape index (κ2) is 22.4. The fourth-order valence-corrected chi connectivity index (χ4v) is 14.0. The fraction of sp³-hybridized carbons (Fsp3) is 0.0649. The van der Waals surface area contributed by atoms with Crippen molar-refractivity contribution in [3.63, 3.8) is 0 Å². The van der Waals surface area contributed by atoms with E-state index in [2.05, 4.69) is 23.4 Å². The number of pyridine rings is 1. The van der Waals surface area contributed by atoms with E-state index in [9.17, 15) is 16.4 Å². The summed E-state index contributed by atoms with van der Waals surface area (Å²) in [4.78, 5) is 4.67. The Hall–Kier alpha value is -9.45. The van der Waals surface area contributed by atoms with Crippen molar-refractivity contribution in [1.29, 1.82) is 0 Å². The van der Waals surface area contributed by atoms with E-state index in [1.165, 1.54) is 39.5 Å². The normalized spacial score (nSPS) is 17.2. The Morgan fingerprint density at radius 3 is 1.81 bits per heavy atom. The molecule has 0 N–H and O–H groups in total. The van der Waals surface area contributed by atoms with Crippen LogP contribution in [0.1, 0.15) is 75.8 Å². The third kappa shape index (κ3) is 9.61. The molecule has 0 radical (unpaired) electrons. The summed E-state index contributed by atoms with van der Waals surface area (Å²) in [6, 6.07) is 4.20. The van der Waals surface area contributed by atoms with E-state index in [1.54, 1.807) is 65.2 Å². The van der Waals surface area contributed by atoms with Crippen molar-refractivity contribution < 1.29 is 74.2 Å². The van der Waals surface area contributed by atoms with Gasteiger partial charge in [0.05, 0.1) is 56.5 Å². The molecule has 14 aromatic rings. The molecule has 0 bridgehead atoms. The van der Waals surface area contributed by atoms with Crippen LogP contribution in [-0.2, 0) is 26.5 Å². The smallest absolute Gasteiger partial charge is 0.268 e. The van der Waals surface area contributed by atoms with Gasteiger partial charge in [-0.05, 0) is 101 Å². The number of imidazole rings is 1. The molecule has 0 aliphatic rings. The first kappa shape index (κ1) is 28.7. The Labute approximate surface area is 551 Å². The number of ether oxygens (including phenoxy) is 1. The topological polar surface area (TPSA) is 35.9 Å². The zero-order valence-corrected chi connectivity index (χ0v) is 47.6. The summed E-state index contributed by atoms with van der Waals surface area (Å²) in [6.07, 6.45) is 4.53. The molecule has 0 amide bonds. The molecule has 0 saturated carbocycles. The summed E-state index contributed by atoms with van der Waals surface area (Å²) in [6.45, 7) is 2.67. The van der Waals surface area contributed by atoms with Gasteiger partial charge in [0.25, 0.3) is 6.33 Å². The number of hydrogen-bond donors (Lipinski definition) is 0. The van der Waals surface area contributed by atoms with E-state index < -0.39 is 222 Å². The van der Waals surface area contributed by atoms with E-state index in [4.69, 9.17) is 32.2 Å². The van der Waals surface area contributed by atoms with Crippen molar-refractivity contribution >= 4 is 61.7 Å². The third-order valence-electron chi connectivity index (χ3n) is 14.1. The Bertz CT molecular complexity index is 6320. The van der Waals surface area contributed by atoms with Gasteiger partial charge in [0.1, 0.15) is 5.82 Å². The molecule has 3 heterocycles. The monoisotopic (exact) mass is 1310 g/mol. The number of nitrogens with zero attached hydrogens (tertiary/aromatic N) is 4. The van der Waals surface area contributed by atoms with Crippen molar-refractivity contribution in [2.24, 2.45) is 0 Å². The molecule has 14 rings (SSSR count). The second-order valence-electron chi connectivity index (χ2n) is 20.0. The van der Waals surface area contributed by atoms with Gasteiger partial charge in [-0.3, -0.25) is 4.57 Å². The van der Waals surface area contributed by atoms with Crippen molar-refractivity contribution in [2.75, 3.05) is 0 Å². The molecule has 3 aromatic heterocycles. The van der Waals surface area contributed by atoms with Crippen LogP contribution in [0.2, 0.25) is 0 Å². The minimum absolute atomic E-state index is 0. The molecule has 0 atom stereocenters. The zero-order valence-electron chi connectivity index (χ0n) is 76.3. The molecule has 0 spiro atoms. The van der Waals surface area contributed by atoms with Crippen LogP contribution in [0, 0.1) is 25.3 Å². The molecule has 11 aromatic carbocycles. The first-order valence-electron chi connectivity index (χ1n) is 41.7. The predicted octanol–water partition coefficient (Wildman–Crippen LogP) is 15.6. The van der Waals surface area contributed by atoms with Crippen LogP contribution in [-0.4, -0.2) is 22.2 Å². The van der Waals surface area contributed by atoms with Gasteiger partial charge in [-0.25, -0.2) is 4.98 Å². The molecule has 0 unspecified atom stereocenters. The molecule has 0 aliphatic carbocycles. The zero-order chi connectivity index (χ0) is 83.8. The van der Waals surface area contributed by atoms with Gasteiger partial charge >= 0.3 is 0 Å². The third-order valence-corrected chi connectivity index (χ3v) is 18.1. The molecular formula is C77H58N4OPtSi-2. The number of hydrogen-bond acceptors (Lipinski definition) is 2. The number of aryl methyl sites for hydroxylation is 1. The predicted molar refractivity (Wildman–Crippen MR) is 343 cm³/mol. The summed E-state index contributed by atoms with van der Waals surface area (Å²) >= 11 is 0. The van der Waals surface area contributed by atoms with Crippen molar-refractivity contribution in [1.82, 2.24) is 14.1 Å². The SMILES string of the molecule is [2H]c1c([2H])c([2H])c(-c2cnc(-n3c4[c-]c(Oc5[c-]c(-n6[c-][n+](-c7c(-c8c([2H])c([2H])c([2H])c([2H])c8[2H])cccc7C(C)(C)C)c7ccc(-c8c([2H])c([2H])c([2H])c([Si](c9c([2H])c([2H])c([2H])c([2H])c9[2H])(c9c([2H])c([2H])c([2H])c([2H])c9[2H])c9c([2H])c([2H])c([2H])c([2H])c9[2H])c8[2H])cc76)ccc5)ccc4c4ccccc43)cc2C([2H])([2H])[2H])c([2H])c1[2H].[Pt]. The first-order valence-corrected chi connectivity index (χ1v) is 27.7. The average molecular weight is 1310 g/mol. The van der Waals surface area contributed by atoms with E-state index in [0.717, 1.165) is 6.20 Å². The second-order valence-corrected chi connectivity index (χ2v) is 23.5. The van der Waals surface area contributed by atoms with Crippen LogP contribution in [0.4, 0.5) is 0 Å². The Morgan fingerprint density at radius 2 is 1.14 bits per heavy atom. The maximum atomic E-state index is 10.7. The van der Waals surface area contributed by atoms with E-state index in [0.29, 0.717) is 27.4 Å². The van der Waals surface area contributed by atoms with Gasteiger partial charge in [0.2, 0.25) is 0 Å². The standard InChI is InChI=1S/C77H58N4OSi.Pt/c1-54-47-75(78-52-69(54)56-27-12-6-13-28-56)81-71-42-21-20-39-67(71)68-45-44-61(51-73(68)81)82-60-31-23-30-59(50-60)79-53-80(76-66(55-25-10-5-11-26-55)40-24-41-70(76)77(2,3)4)72-46-43-58(49-74(72)79)57-29-22-38-65(48-57)83(62-32-14-7-15-33-62,63-34-16-8-17-35-63)64-36-18-9-19-37-64;/h5-49,52H,1-4H3;/q-2;/i1D3,5D,6D,7D,8D,9D,10D,11D,12D,13D,14D,15D,16D,17D,18D,19D,22D,25D,26D,27D,28D,29D,32D,33D,34D,35D,36D,37D,38D,48D;. The molecule has 408 valence electrons. The maximum absolute atomic E-state index is 10.7. The van der Waals surface area contributed by atoms with Crippen molar-refractivity contribution in [2.45, 2.75) is 33.0 Å². The minimum Gasteiger partial charge on any atom is -0.510 e. The minimum atomic E-state index is -6.32. The fourth-order valence-electron chi connectivity index (χ4n) is 10.4. The van der Waals surface area contributed by atoms with Gasteiger partial charge in [-0.2, -0.15) is 18.2 Å². The van der Waals surface area contributed by atoms with Gasteiger partial charge in [-0.15, -0.1) is 29.7 Å². The first-order chi connectivity index (χ1) is 53.9. The summed E-state index contributed by atoms with van der Waals surface area (Å²) < 4.78 is 304. The largest absolute Gasteiger partial charge is 0.510 e.